The number of methoxy groups -OCH3 is 1. The van der Waals surface area contributed by atoms with Crippen molar-refractivity contribution in [2.75, 3.05) is 13.7 Å². The summed E-state index contributed by atoms with van der Waals surface area (Å²) in [6.07, 6.45) is 6.11. The molecule has 7 heteroatoms. The summed E-state index contributed by atoms with van der Waals surface area (Å²) in [7, 11) is 1.27. The zero-order valence-electron chi connectivity index (χ0n) is 16.7. The summed E-state index contributed by atoms with van der Waals surface area (Å²) in [6, 6.07) is 11.2. The van der Waals surface area contributed by atoms with Crippen LogP contribution in [0.3, 0.4) is 0 Å². The Labute approximate surface area is 173 Å². The van der Waals surface area contributed by atoms with E-state index in [4.69, 9.17) is 9.47 Å². The molecule has 0 heterocycles. The van der Waals surface area contributed by atoms with Gasteiger partial charge in [-0.25, -0.2) is 4.79 Å². The van der Waals surface area contributed by atoms with E-state index in [2.05, 4.69) is 4.74 Å². The van der Waals surface area contributed by atoms with Crippen molar-refractivity contribution in [2.24, 2.45) is 0 Å². The molecule has 2 aromatic carbocycles. The molecule has 1 aliphatic rings. The first-order valence-corrected chi connectivity index (χ1v) is 9.91. The number of Topliss-reactive ketones (excluding diaryl/α,β-unsaturated/α-hetero) is 1. The van der Waals surface area contributed by atoms with E-state index >= 15 is 0 Å². The van der Waals surface area contributed by atoms with Crippen molar-refractivity contribution in [2.45, 2.75) is 44.6 Å². The van der Waals surface area contributed by atoms with E-state index in [1.807, 2.05) is 12.1 Å². The second-order valence-corrected chi connectivity index (χ2v) is 7.20. The Morgan fingerprint density at radius 3 is 2.27 bits per heavy atom. The van der Waals surface area contributed by atoms with Crippen LogP contribution in [0.5, 0.6) is 11.5 Å². The number of alkyl halides is 2. The Morgan fingerprint density at radius 2 is 1.63 bits per heavy atom. The van der Waals surface area contributed by atoms with Crippen molar-refractivity contribution in [3.05, 3.63) is 59.2 Å². The Hall–Kier alpha value is -2.96. The standard InChI is InChI=1S/C23H24F2O5/c1-28-21-13-18(11-12-20(21)30-23(24)25)22(27)29-14-19(26)17-9-7-16(8-10-17)15-5-3-2-4-6-15/h7-13,15,23H,2-6,14H2,1H3. The highest BCUT2D eigenvalue weighted by atomic mass is 19.3. The predicted octanol–water partition coefficient (Wildman–Crippen LogP) is 5.38. The molecule has 0 atom stereocenters. The second-order valence-electron chi connectivity index (χ2n) is 7.20. The zero-order valence-corrected chi connectivity index (χ0v) is 16.7. The average molecular weight is 418 g/mol. The second kappa shape index (κ2) is 10.2. The largest absolute Gasteiger partial charge is 0.493 e. The van der Waals surface area contributed by atoms with Crippen LogP contribution in [0.2, 0.25) is 0 Å². The lowest BCUT2D eigenvalue weighted by Crippen LogP contribution is -2.15. The topological polar surface area (TPSA) is 61.8 Å². The Kier molecular flexibility index (Phi) is 7.38. The van der Waals surface area contributed by atoms with Gasteiger partial charge in [-0.05, 0) is 42.5 Å². The molecule has 2 aromatic rings. The third-order valence-electron chi connectivity index (χ3n) is 5.26. The number of ether oxygens (including phenoxy) is 3. The van der Waals surface area contributed by atoms with Gasteiger partial charge in [0.15, 0.2) is 23.9 Å². The van der Waals surface area contributed by atoms with E-state index in [-0.39, 0.29) is 22.8 Å². The molecule has 0 bridgehead atoms. The van der Waals surface area contributed by atoms with Crippen LogP contribution in [0.25, 0.3) is 0 Å². The van der Waals surface area contributed by atoms with Crippen molar-refractivity contribution < 1.29 is 32.6 Å². The summed E-state index contributed by atoms with van der Waals surface area (Å²) < 4.78 is 39.1. The van der Waals surface area contributed by atoms with Gasteiger partial charge in [-0.2, -0.15) is 8.78 Å². The highest BCUT2D eigenvalue weighted by Crippen LogP contribution is 2.32. The molecule has 3 rings (SSSR count). The third-order valence-corrected chi connectivity index (χ3v) is 5.26. The molecule has 0 N–H and O–H groups in total. The number of esters is 1. The van der Waals surface area contributed by atoms with E-state index in [9.17, 15) is 18.4 Å². The van der Waals surface area contributed by atoms with Gasteiger partial charge in [0.1, 0.15) is 0 Å². The highest BCUT2D eigenvalue weighted by Gasteiger charge is 2.18. The van der Waals surface area contributed by atoms with Crippen LogP contribution in [-0.2, 0) is 4.74 Å². The van der Waals surface area contributed by atoms with Crippen LogP contribution in [0, 0.1) is 0 Å². The lowest BCUT2D eigenvalue weighted by molar-refractivity contribution is -0.0512. The van der Waals surface area contributed by atoms with Crippen molar-refractivity contribution in [3.63, 3.8) is 0 Å². The molecule has 30 heavy (non-hydrogen) atoms. The molecule has 160 valence electrons. The van der Waals surface area contributed by atoms with E-state index in [1.54, 1.807) is 12.1 Å². The van der Waals surface area contributed by atoms with Gasteiger partial charge in [-0.1, -0.05) is 43.5 Å². The monoisotopic (exact) mass is 418 g/mol. The lowest BCUT2D eigenvalue weighted by Gasteiger charge is -2.22. The van der Waals surface area contributed by atoms with E-state index in [0.29, 0.717) is 11.5 Å². The van der Waals surface area contributed by atoms with Gasteiger partial charge in [0.05, 0.1) is 12.7 Å². The van der Waals surface area contributed by atoms with E-state index in [1.165, 1.54) is 63.0 Å². The molecule has 0 amide bonds. The number of hydrogen-bond acceptors (Lipinski definition) is 5. The van der Waals surface area contributed by atoms with Crippen molar-refractivity contribution in [3.8, 4) is 11.5 Å². The van der Waals surface area contributed by atoms with Gasteiger partial charge >= 0.3 is 12.6 Å². The molecule has 0 aliphatic heterocycles. The van der Waals surface area contributed by atoms with Crippen LogP contribution in [0.15, 0.2) is 42.5 Å². The fraction of sp³-hybridized carbons (Fsp3) is 0.391. The minimum atomic E-state index is -3.01. The zero-order chi connectivity index (χ0) is 21.5. The van der Waals surface area contributed by atoms with Gasteiger partial charge in [-0.15, -0.1) is 0 Å². The van der Waals surface area contributed by atoms with Crippen LogP contribution >= 0.6 is 0 Å². The molecule has 0 unspecified atom stereocenters. The van der Waals surface area contributed by atoms with Gasteiger partial charge in [0.2, 0.25) is 0 Å². The molecule has 0 radical (unpaired) electrons. The molecular formula is C23H24F2O5. The highest BCUT2D eigenvalue weighted by molar-refractivity contribution is 5.99. The smallest absolute Gasteiger partial charge is 0.387 e. The van der Waals surface area contributed by atoms with Gasteiger partial charge in [-0.3, -0.25) is 4.79 Å². The number of rotatable bonds is 8. The van der Waals surface area contributed by atoms with E-state index in [0.717, 1.165) is 0 Å². The Bertz CT molecular complexity index is 874. The number of carbonyl (C=O) groups is 2. The summed E-state index contributed by atoms with van der Waals surface area (Å²) in [4.78, 5) is 24.6. The van der Waals surface area contributed by atoms with Crippen LogP contribution in [0.4, 0.5) is 8.78 Å². The fourth-order valence-corrected chi connectivity index (χ4v) is 3.66. The molecule has 1 fully saturated rings. The quantitative estimate of drug-likeness (QED) is 0.425. The van der Waals surface area contributed by atoms with Crippen molar-refractivity contribution in [1.29, 1.82) is 0 Å². The minimum Gasteiger partial charge on any atom is -0.493 e. The summed E-state index contributed by atoms with van der Waals surface area (Å²) >= 11 is 0. The SMILES string of the molecule is COc1cc(C(=O)OCC(=O)c2ccc(C3CCCCC3)cc2)ccc1OC(F)F. The molecule has 5 nitrogen and oxygen atoms in total. The van der Waals surface area contributed by atoms with Gasteiger partial charge in [0, 0.05) is 5.56 Å². The van der Waals surface area contributed by atoms with Crippen LogP contribution in [-0.4, -0.2) is 32.1 Å². The molecule has 0 aromatic heterocycles. The lowest BCUT2D eigenvalue weighted by atomic mass is 9.84. The van der Waals surface area contributed by atoms with Gasteiger partial charge in [0.25, 0.3) is 0 Å². The maximum atomic E-state index is 12.4. The number of halogens is 2. The number of hydrogen-bond donors (Lipinski definition) is 0. The Balaban J connectivity index is 1.58. The molecule has 0 spiro atoms. The third kappa shape index (κ3) is 5.55. The first-order chi connectivity index (χ1) is 14.5. The predicted molar refractivity (Wildman–Crippen MR) is 107 cm³/mol. The molecular weight excluding hydrogens is 394 g/mol. The van der Waals surface area contributed by atoms with Crippen LogP contribution < -0.4 is 9.47 Å². The van der Waals surface area contributed by atoms with Crippen LogP contribution in [0.1, 0.15) is 64.3 Å². The Morgan fingerprint density at radius 1 is 0.967 bits per heavy atom. The maximum absolute atomic E-state index is 12.4. The summed E-state index contributed by atoms with van der Waals surface area (Å²) in [5.74, 6) is -0.757. The van der Waals surface area contributed by atoms with Gasteiger partial charge < -0.3 is 14.2 Å². The minimum absolute atomic E-state index is 0.0330. The fourth-order valence-electron chi connectivity index (χ4n) is 3.66. The van der Waals surface area contributed by atoms with E-state index < -0.39 is 19.2 Å². The molecule has 1 aliphatic carbocycles. The maximum Gasteiger partial charge on any atom is 0.387 e. The summed E-state index contributed by atoms with van der Waals surface area (Å²) in [6.45, 7) is -3.43. The summed E-state index contributed by atoms with van der Waals surface area (Å²) in [5, 5.41) is 0. The normalized spacial score (nSPS) is 14.4. The average Bonchev–Trinajstić information content (AvgIpc) is 2.77. The first kappa shape index (κ1) is 21.7. The number of ketones is 1. The number of benzene rings is 2. The van der Waals surface area contributed by atoms with Crippen molar-refractivity contribution >= 4 is 11.8 Å². The molecule has 0 saturated heterocycles. The molecule has 1 saturated carbocycles. The number of carbonyl (C=O) groups excluding carboxylic acids is 2. The summed E-state index contributed by atoms with van der Waals surface area (Å²) in [5.41, 5.74) is 1.77. The first-order valence-electron chi connectivity index (χ1n) is 9.91. The van der Waals surface area contributed by atoms with Crippen molar-refractivity contribution in [1.82, 2.24) is 0 Å².